The van der Waals surface area contributed by atoms with Gasteiger partial charge in [0.2, 0.25) is 0 Å². The number of aliphatic hydroxyl groups excluding tert-OH is 1. The number of sulfone groups is 1. The predicted molar refractivity (Wildman–Crippen MR) is 41.8 cm³/mol. The second-order valence-corrected chi connectivity index (χ2v) is 5.39. The molecular formula is C6H13NO3S. The Kier molecular flexibility index (Phi) is 2.22. The van der Waals surface area contributed by atoms with Crippen molar-refractivity contribution in [1.82, 2.24) is 0 Å². The van der Waals surface area contributed by atoms with Gasteiger partial charge in [-0.05, 0) is 6.42 Å². The third-order valence-electron chi connectivity index (χ3n) is 2.24. The Morgan fingerprint density at radius 2 is 2.18 bits per heavy atom. The van der Waals surface area contributed by atoms with Gasteiger partial charge in [-0.1, -0.05) is 0 Å². The maximum atomic E-state index is 11.0. The van der Waals surface area contributed by atoms with Gasteiger partial charge in [0.1, 0.15) is 0 Å². The van der Waals surface area contributed by atoms with Gasteiger partial charge in [0.25, 0.3) is 0 Å². The Hall–Kier alpha value is -0.130. The van der Waals surface area contributed by atoms with Gasteiger partial charge in [0, 0.05) is 12.0 Å². The van der Waals surface area contributed by atoms with E-state index in [9.17, 15) is 8.42 Å². The van der Waals surface area contributed by atoms with Crippen LogP contribution in [0.3, 0.4) is 0 Å². The van der Waals surface area contributed by atoms with Crippen LogP contribution >= 0.6 is 0 Å². The summed E-state index contributed by atoms with van der Waals surface area (Å²) in [6, 6.07) is 0. The summed E-state index contributed by atoms with van der Waals surface area (Å²) in [5.41, 5.74) is 4.83. The van der Waals surface area contributed by atoms with Crippen LogP contribution in [0.5, 0.6) is 0 Å². The van der Waals surface area contributed by atoms with Crippen molar-refractivity contribution in [3.05, 3.63) is 0 Å². The second kappa shape index (κ2) is 2.73. The number of hydrogen-bond acceptors (Lipinski definition) is 4. The minimum atomic E-state index is -2.92. The van der Waals surface area contributed by atoms with E-state index in [4.69, 9.17) is 10.8 Å². The lowest BCUT2D eigenvalue weighted by Crippen LogP contribution is -2.35. The monoisotopic (exact) mass is 179 g/mol. The number of nitrogens with two attached hydrogens (primary N) is 1. The van der Waals surface area contributed by atoms with E-state index in [-0.39, 0.29) is 24.7 Å². The average molecular weight is 179 g/mol. The summed E-state index contributed by atoms with van der Waals surface area (Å²) in [5, 5.41) is 8.90. The first-order valence-electron chi connectivity index (χ1n) is 3.55. The van der Waals surface area contributed by atoms with Gasteiger partial charge in [-0.2, -0.15) is 0 Å². The molecule has 0 aromatic carbocycles. The molecule has 4 nitrogen and oxygen atoms in total. The highest BCUT2D eigenvalue weighted by atomic mass is 32.2. The minimum Gasteiger partial charge on any atom is -0.396 e. The molecule has 11 heavy (non-hydrogen) atoms. The maximum Gasteiger partial charge on any atom is 0.151 e. The van der Waals surface area contributed by atoms with Crippen molar-refractivity contribution < 1.29 is 13.5 Å². The van der Waals surface area contributed by atoms with E-state index in [0.29, 0.717) is 6.42 Å². The molecule has 0 aromatic rings. The van der Waals surface area contributed by atoms with Crippen molar-refractivity contribution in [1.29, 1.82) is 0 Å². The predicted octanol–water partition coefficient (Wildman–Crippen LogP) is -1.26. The van der Waals surface area contributed by atoms with Crippen LogP contribution in [-0.2, 0) is 9.84 Å². The van der Waals surface area contributed by atoms with E-state index in [1.54, 1.807) is 0 Å². The fourth-order valence-corrected chi connectivity index (χ4v) is 3.51. The van der Waals surface area contributed by atoms with Crippen LogP contribution in [0.1, 0.15) is 6.42 Å². The molecule has 0 saturated carbocycles. The molecule has 0 spiro atoms. The highest BCUT2D eigenvalue weighted by molar-refractivity contribution is 7.91. The summed E-state index contributed by atoms with van der Waals surface area (Å²) in [6.45, 7) is 0.130. The van der Waals surface area contributed by atoms with Crippen molar-refractivity contribution in [3.8, 4) is 0 Å². The van der Waals surface area contributed by atoms with E-state index in [0.717, 1.165) is 0 Å². The standard InChI is InChI=1S/C6H13NO3S/c7-3-6(4-8)1-2-11(9,10)5-6/h8H,1-5,7H2. The van der Waals surface area contributed by atoms with Gasteiger partial charge in [0.05, 0.1) is 18.1 Å². The van der Waals surface area contributed by atoms with Crippen LogP contribution in [-0.4, -0.2) is 38.2 Å². The first-order chi connectivity index (χ1) is 5.04. The summed E-state index contributed by atoms with van der Waals surface area (Å²) in [6.07, 6.45) is 0.502. The molecule has 66 valence electrons. The number of hydrogen-bond donors (Lipinski definition) is 2. The number of rotatable bonds is 2. The van der Waals surface area contributed by atoms with Crippen LogP contribution < -0.4 is 5.73 Å². The van der Waals surface area contributed by atoms with Gasteiger partial charge < -0.3 is 10.8 Å². The van der Waals surface area contributed by atoms with Crippen molar-refractivity contribution in [2.24, 2.45) is 11.1 Å². The van der Waals surface area contributed by atoms with Crippen LogP contribution in [0.4, 0.5) is 0 Å². The first kappa shape index (κ1) is 8.96. The highest BCUT2D eigenvalue weighted by Gasteiger charge is 2.40. The fourth-order valence-electron chi connectivity index (χ4n) is 1.33. The molecule has 1 fully saturated rings. The second-order valence-electron chi connectivity index (χ2n) is 3.20. The minimum absolute atomic E-state index is 0.0486. The van der Waals surface area contributed by atoms with Crippen molar-refractivity contribution in [3.63, 3.8) is 0 Å². The quantitative estimate of drug-likeness (QED) is 0.554. The lowest BCUT2D eigenvalue weighted by atomic mass is 9.89. The van der Waals surface area contributed by atoms with Gasteiger partial charge in [-0.15, -0.1) is 0 Å². The molecule has 0 aliphatic carbocycles. The lowest BCUT2D eigenvalue weighted by molar-refractivity contribution is 0.155. The molecule has 1 unspecified atom stereocenters. The molecule has 3 N–H and O–H groups in total. The highest BCUT2D eigenvalue weighted by Crippen LogP contribution is 2.30. The van der Waals surface area contributed by atoms with E-state index < -0.39 is 15.3 Å². The Morgan fingerprint density at radius 3 is 2.36 bits per heavy atom. The Morgan fingerprint density at radius 1 is 1.55 bits per heavy atom. The molecule has 5 heteroatoms. The van der Waals surface area contributed by atoms with Gasteiger partial charge in [-0.3, -0.25) is 0 Å². The van der Waals surface area contributed by atoms with Crippen LogP contribution in [0.2, 0.25) is 0 Å². The third kappa shape index (κ3) is 1.72. The van der Waals surface area contributed by atoms with Crippen molar-refractivity contribution >= 4 is 9.84 Å². The fraction of sp³-hybridized carbons (Fsp3) is 1.00. The Balaban J connectivity index is 2.78. The van der Waals surface area contributed by atoms with Crippen LogP contribution in [0.15, 0.2) is 0 Å². The molecule has 0 bridgehead atoms. The smallest absolute Gasteiger partial charge is 0.151 e. The number of aliphatic hydroxyl groups is 1. The SMILES string of the molecule is NCC1(CO)CCS(=O)(=O)C1. The zero-order valence-electron chi connectivity index (χ0n) is 6.28. The molecule has 0 aromatic heterocycles. The molecule has 0 radical (unpaired) electrons. The maximum absolute atomic E-state index is 11.0. The Bertz CT molecular complexity index is 230. The zero-order valence-corrected chi connectivity index (χ0v) is 7.10. The largest absolute Gasteiger partial charge is 0.396 e. The molecule has 0 amide bonds. The molecule has 1 rings (SSSR count). The summed E-state index contributed by atoms with van der Waals surface area (Å²) in [4.78, 5) is 0. The molecule has 1 aliphatic rings. The van der Waals surface area contributed by atoms with E-state index in [2.05, 4.69) is 0 Å². The average Bonchev–Trinajstić information content (AvgIpc) is 2.28. The van der Waals surface area contributed by atoms with Crippen molar-refractivity contribution in [2.75, 3.05) is 24.7 Å². The topological polar surface area (TPSA) is 80.4 Å². The van der Waals surface area contributed by atoms with Crippen LogP contribution in [0.25, 0.3) is 0 Å². The van der Waals surface area contributed by atoms with E-state index in [1.165, 1.54) is 0 Å². The molecule has 1 atom stereocenters. The molecule has 1 saturated heterocycles. The van der Waals surface area contributed by atoms with Crippen molar-refractivity contribution in [2.45, 2.75) is 6.42 Å². The zero-order chi connectivity index (χ0) is 8.54. The summed E-state index contributed by atoms with van der Waals surface area (Å²) in [7, 11) is -2.92. The van der Waals surface area contributed by atoms with E-state index in [1.807, 2.05) is 0 Å². The summed E-state index contributed by atoms with van der Waals surface area (Å²) in [5.74, 6) is 0.220. The Labute approximate surface area is 66.3 Å². The van der Waals surface area contributed by atoms with Gasteiger partial charge in [-0.25, -0.2) is 8.42 Å². The molecule has 1 aliphatic heterocycles. The molecule has 1 heterocycles. The molecular weight excluding hydrogens is 166 g/mol. The van der Waals surface area contributed by atoms with Gasteiger partial charge in [0.15, 0.2) is 9.84 Å². The van der Waals surface area contributed by atoms with Gasteiger partial charge >= 0.3 is 0 Å². The summed E-state index contributed by atoms with van der Waals surface area (Å²) >= 11 is 0. The first-order valence-corrected chi connectivity index (χ1v) is 5.37. The summed E-state index contributed by atoms with van der Waals surface area (Å²) < 4.78 is 22.0. The third-order valence-corrected chi connectivity index (χ3v) is 4.12. The van der Waals surface area contributed by atoms with E-state index >= 15 is 0 Å². The van der Waals surface area contributed by atoms with Crippen LogP contribution in [0, 0.1) is 5.41 Å². The lowest BCUT2D eigenvalue weighted by Gasteiger charge is -2.21. The normalized spacial score (nSPS) is 35.8.